The third-order valence-corrected chi connectivity index (χ3v) is 4.19. The number of rotatable bonds is 9. The van der Waals surface area contributed by atoms with E-state index in [1.165, 1.54) is 32.1 Å². The van der Waals surface area contributed by atoms with E-state index in [1.54, 1.807) is 0 Å². The van der Waals surface area contributed by atoms with Crippen LogP contribution in [0.3, 0.4) is 0 Å². The fourth-order valence-electron chi connectivity index (χ4n) is 2.93. The molecule has 22 heavy (non-hydrogen) atoms. The Morgan fingerprint density at radius 1 is 0.955 bits per heavy atom. The first-order valence-electron chi connectivity index (χ1n) is 8.97. The van der Waals surface area contributed by atoms with Gasteiger partial charge in [0, 0.05) is 18.3 Å². The van der Waals surface area contributed by atoms with Gasteiger partial charge in [0.2, 0.25) is 0 Å². The highest BCUT2D eigenvalue weighted by atomic mass is 16.5. The first kappa shape index (κ1) is 17.0. The van der Waals surface area contributed by atoms with Crippen LogP contribution in [0.5, 0.6) is 11.5 Å². The molecule has 124 valence electrons. The van der Waals surface area contributed by atoms with Gasteiger partial charge in [-0.1, -0.05) is 33.1 Å². The van der Waals surface area contributed by atoms with Gasteiger partial charge in [-0.25, -0.2) is 0 Å². The topological polar surface area (TPSA) is 30.5 Å². The monoisotopic (exact) mass is 305 g/mol. The zero-order chi connectivity index (χ0) is 15.6. The average Bonchev–Trinajstić information content (AvgIpc) is 2.58. The lowest BCUT2D eigenvalue weighted by molar-refractivity contribution is 0.268. The minimum atomic E-state index is 0.731. The zero-order valence-electron chi connectivity index (χ0n) is 14.2. The Balaban J connectivity index is 1.94. The molecule has 1 aromatic carbocycles. The standard InChI is InChI=1S/C19H31NO2/c1-3-12-21-18-11-10-17(14-19(18)22-13-4-2)20-15-16-8-6-5-7-9-16/h10-11,14,16,20H,3-9,12-13,15H2,1-2H3. The quantitative estimate of drug-likeness (QED) is 0.675. The molecule has 1 N–H and O–H groups in total. The number of benzene rings is 1. The van der Waals surface area contributed by atoms with Crippen LogP contribution in [0.1, 0.15) is 58.8 Å². The molecule has 0 atom stereocenters. The summed E-state index contributed by atoms with van der Waals surface area (Å²) in [6.45, 7) is 6.78. The van der Waals surface area contributed by atoms with E-state index in [2.05, 4.69) is 31.3 Å². The molecule has 1 fully saturated rings. The predicted molar refractivity (Wildman–Crippen MR) is 93.1 cm³/mol. The van der Waals surface area contributed by atoms with Crippen molar-refractivity contribution in [1.29, 1.82) is 0 Å². The Kier molecular flexibility index (Phi) is 7.41. The Hall–Kier alpha value is -1.38. The average molecular weight is 305 g/mol. The van der Waals surface area contributed by atoms with Crippen LogP contribution in [-0.4, -0.2) is 19.8 Å². The van der Waals surface area contributed by atoms with E-state index in [-0.39, 0.29) is 0 Å². The van der Waals surface area contributed by atoms with Crippen LogP contribution >= 0.6 is 0 Å². The Morgan fingerprint density at radius 2 is 1.64 bits per heavy atom. The molecule has 0 amide bonds. The summed E-state index contributed by atoms with van der Waals surface area (Å²) in [7, 11) is 0. The number of anilines is 1. The van der Waals surface area contributed by atoms with Crippen molar-refractivity contribution >= 4 is 5.69 Å². The van der Waals surface area contributed by atoms with Crippen molar-refractivity contribution in [3.8, 4) is 11.5 Å². The van der Waals surface area contributed by atoms with Gasteiger partial charge in [0.15, 0.2) is 11.5 Å². The second kappa shape index (κ2) is 9.60. The SMILES string of the molecule is CCCOc1ccc(NCC2CCCCC2)cc1OCCC. The fraction of sp³-hybridized carbons (Fsp3) is 0.684. The summed E-state index contributed by atoms with van der Waals surface area (Å²) >= 11 is 0. The molecule has 0 aromatic heterocycles. The van der Waals surface area contributed by atoms with Crippen LogP contribution in [0.4, 0.5) is 5.69 Å². The van der Waals surface area contributed by atoms with E-state index >= 15 is 0 Å². The van der Waals surface area contributed by atoms with Crippen LogP contribution in [0.25, 0.3) is 0 Å². The smallest absolute Gasteiger partial charge is 0.163 e. The second-order valence-corrected chi connectivity index (χ2v) is 6.24. The molecule has 0 radical (unpaired) electrons. The maximum Gasteiger partial charge on any atom is 0.163 e. The van der Waals surface area contributed by atoms with Crippen LogP contribution in [0.15, 0.2) is 18.2 Å². The van der Waals surface area contributed by atoms with Crippen molar-refractivity contribution in [3.05, 3.63) is 18.2 Å². The third-order valence-electron chi connectivity index (χ3n) is 4.19. The van der Waals surface area contributed by atoms with Gasteiger partial charge in [-0.15, -0.1) is 0 Å². The molecule has 3 heteroatoms. The van der Waals surface area contributed by atoms with Crippen LogP contribution < -0.4 is 14.8 Å². The summed E-state index contributed by atoms with van der Waals surface area (Å²) in [5, 5.41) is 3.58. The third kappa shape index (κ3) is 5.43. The minimum Gasteiger partial charge on any atom is -0.490 e. The van der Waals surface area contributed by atoms with Gasteiger partial charge in [0.05, 0.1) is 13.2 Å². The zero-order valence-corrected chi connectivity index (χ0v) is 14.2. The lowest BCUT2D eigenvalue weighted by atomic mass is 9.89. The van der Waals surface area contributed by atoms with Crippen LogP contribution in [0, 0.1) is 5.92 Å². The predicted octanol–water partition coefficient (Wildman–Crippen LogP) is 5.26. The Morgan fingerprint density at radius 3 is 2.32 bits per heavy atom. The van der Waals surface area contributed by atoms with Crippen molar-refractivity contribution in [3.63, 3.8) is 0 Å². The van der Waals surface area contributed by atoms with Crippen molar-refractivity contribution < 1.29 is 9.47 Å². The van der Waals surface area contributed by atoms with E-state index in [0.29, 0.717) is 0 Å². The molecule has 0 bridgehead atoms. The molecule has 1 aromatic rings. The Bertz CT molecular complexity index is 427. The Labute approximate surface area is 135 Å². The normalized spacial score (nSPS) is 15.5. The first-order chi connectivity index (χ1) is 10.8. The van der Waals surface area contributed by atoms with Gasteiger partial charge in [0.1, 0.15) is 0 Å². The summed E-state index contributed by atoms with van der Waals surface area (Å²) in [6, 6.07) is 6.22. The van der Waals surface area contributed by atoms with E-state index in [4.69, 9.17) is 9.47 Å². The molecule has 2 rings (SSSR count). The molecule has 1 saturated carbocycles. The summed E-state index contributed by atoms with van der Waals surface area (Å²) in [6.07, 6.45) is 8.94. The minimum absolute atomic E-state index is 0.731. The lowest BCUT2D eigenvalue weighted by Crippen LogP contribution is -2.17. The molecular weight excluding hydrogens is 274 g/mol. The summed E-state index contributed by atoms with van der Waals surface area (Å²) in [4.78, 5) is 0. The largest absolute Gasteiger partial charge is 0.490 e. The van der Waals surface area contributed by atoms with E-state index in [9.17, 15) is 0 Å². The molecule has 1 aliphatic carbocycles. The second-order valence-electron chi connectivity index (χ2n) is 6.24. The van der Waals surface area contributed by atoms with Crippen LogP contribution in [-0.2, 0) is 0 Å². The van der Waals surface area contributed by atoms with Crippen molar-refractivity contribution in [2.24, 2.45) is 5.92 Å². The fourth-order valence-corrected chi connectivity index (χ4v) is 2.93. The van der Waals surface area contributed by atoms with E-state index in [0.717, 1.165) is 55.7 Å². The molecule has 0 unspecified atom stereocenters. The summed E-state index contributed by atoms with van der Waals surface area (Å²) in [5.74, 6) is 2.55. The summed E-state index contributed by atoms with van der Waals surface area (Å²) in [5.41, 5.74) is 1.14. The van der Waals surface area contributed by atoms with Gasteiger partial charge < -0.3 is 14.8 Å². The van der Waals surface area contributed by atoms with Gasteiger partial charge in [-0.3, -0.25) is 0 Å². The van der Waals surface area contributed by atoms with E-state index < -0.39 is 0 Å². The maximum absolute atomic E-state index is 5.85. The summed E-state index contributed by atoms with van der Waals surface area (Å²) < 4.78 is 11.6. The number of hydrogen-bond donors (Lipinski definition) is 1. The van der Waals surface area contributed by atoms with Crippen LogP contribution in [0.2, 0.25) is 0 Å². The van der Waals surface area contributed by atoms with Crippen molar-refractivity contribution in [2.45, 2.75) is 58.8 Å². The lowest BCUT2D eigenvalue weighted by Gasteiger charge is -2.22. The number of ether oxygens (including phenoxy) is 2. The van der Waals surface area contributed by atoms with Gasteiger partial charge in [-0.2, -0.15) is 0 Å². The highest BCUT2D eigenvalue weighted by molar-refractivity contribution is 5.54. The first-order valence-corrected chi connectivity index (χ1v) is 8.97. The molecular formula is C19H31NO2. The number of nitrogens with one attached hydrogen (secondary N) is 1. The molecule has 0 aliphatic heterocycles. The highest BCUT2D eigenvalue weighted by Crippen LogP contribution is 2.31. The van der Waals surface area contributed by atoms with Gasteiger partial charge in [0.25, 0.3) is 0 Å². The highest BCUT2D eigenvalue weighted by Gasteiger charge is 2.13. The molecule has 0 heterocycles. The van der Waals surface area contributed by atoms with Gasteiger partial charge in [-0.05, 0) is 43.7 Å². The van der Waals surface area contributed by atoms with Crippen molar-refractivity contribution in [2.75, 3.05) is 25.1 Å². The maximum atomic E-state index is 5.85. The van der Waals surface area contributed by atoms with E-state index in [1.807, 2.05) is 6.07 Å². The molecule has 1 aliphatic rings. The van der Waals surface area contributed by atoms with Gasteiger partial charge >= 0.3 is 0 Å². The van der Waals surface area contributed by atoms with Crippen molar-refractivity contribution in [1.82, 2.24) is 0 Å². The number of hydrogen-bond acceptors (Lipinski definition) is 3. The molecule has 0 saturated heterocycles. The molecule has 0 spiro atoms. The molecule has 3 nitrogen and oxygen atoms in total.